The zero-order valence-electron chi connectivity index (χ0n) is 39.2. The van der Waals surface area contributed by atoms with Crippen molar-refractivity contribution in [1.82, 2.24) is 0 Å². The van der Waals surface area contributed by atoms with Crippen LogP contribution in [0.25, 0.3) is 49.4 Å². The summed E-state index contributed by atoms with van der Waals surface area (Å²) in [6.07, 6.45) is 7.75. The fourth-order valence-electron chi connectivity index (χ4n) is 10.7. The third-order valence-electron chi connectivity index (χ3n) is 14.1. The maximum absolute atomic E-state index is 14.2. The second-order valence-electron chi connectivity index (χ2n) is 17.9. The number of fused-ring (bicyclic) bond motifs is 5. The van der Waals surface area contributed by atoms with Gasteiger partial charge in [0, 0.05) is 39.1 Å². The summed E-state index contributed by atoms with van der Waals surface area (Å²) in [6, 6.07) is 82.0. The zero-order chi connectivity index (χ0) is 46.9. The number of anilines is 5. The van der Waals surface area contributed by atoms with Crippen molar-refractivity contribution in [2.45, 2.75) is 38.6 Å². The molecule has 0 radical (unpaired) electrons. The Morgan fingerprint density at radius 2 is 1.12 bits per heavy atom. The number of hydrogen-bond acceptors (Lipinski definition) is 2. The van der Waals surface area contributed by atoms with Gasteiger partial charge in [0.05, 0.1) is 11.7 Å². The number of nitrogens with zero attached hydrogens (tertiary/aromatic N) is 2. The van der Waals surface area contributed by atoms with Crippen molar-refractivity contribution in [3.8, 4) is 22.3 Å². The minimum atomic E-state index is -0.351. The lowest BCUT2D eigenvalue weighted by Crippen LogP contribution is -2.27. The predicted octanol–water partition coefficient (Wildman–Crippen LogP) is 18.2. The number of allylic oxidation sites excluding steroid dienone is 2. The molecule has 0 fully saturated rings. The van der Waals surface area contributed by atoms with E-state index in [-0.39, 0.29) is 17.3 Å². The molecule has 3 heteroatoms. The van der Waals surface area contributed by atoms with Gasteiger partial charge in [0.2, 0.25) is 0 Å². The molecule has 1 aliphatic carbocycles. The highest BCUT2D eigenvalue weighted by Crippen LogP contribution is 2.50. The van der Waals surface area contributed by atoms with E-state index in [1.165, 1.54) is 73.6 Å². The lowest BCUT2D eigenvalue weighted by molar-refractivity contribution is 0.628. The summed E-state index contributed by atoms with van der Waals surface area (Å²) in [5.41, 5.74) is 16.3. The average Bonchev–Trinajstić information content (AvgIpc) is 3.76. The van der Waals surface area contributed by atoms with Crippen LogP contribution in [0.1, 0.15) is 49.4 Å². The molecule has 10 aromatic rings. The molecule has 1 heterocycles. The van der Waals surface area contributed by atoms with Gasteiger partial charge in [-0.3, -0.25) is 0 Å². The third-order valence-corrected chi connectivity index (χ3v) is 14.1. The molecule has 12 rings (SSSR count). The van der Waals surface area contributed by atoms with Crippen LogP contribution in [0.3, 0.4) is 0 Å². The first-order chi connectivity index (χ1) is 34.0. The van der Waals surface area contributed by atoms with E-state index in [2.05, 4.69) is 241 Å². The summed E-state index contributed by atoms with van der Waals surface area (Å²) < 4.78 is 14.2. The molecular formula is C66H53FN2. The molecule has 1 atom stereocenters. The van der Waals surface area contributed by atoms with Gasteiger partial charge in [-0.2, -0.15) is 0 Å². The van der Waals surface area contributed by atoms with E-state index in [0.29, 0.717) is 0 Å². The van der Waals surface area contributed by atoms with Crippen LogP contribution >= 0.6 is 0 Å². The highest BCUT2D eigenvalue weighted by molar-refractivity contribution is 6.01. The maximum Gasteiger partial charge on any atom is 0.123 e. The molecule has 1 unspecified atom stereocenters. The van der Waals surface area contributed by atoms with E-state index in [4.69, 9.17) is 0 Å². The number of hydrogen-bond donors (Lipinski definition) is 0. The van der Waals surface area contributed by atoms with Crippen molar-refractivity contribution < 1.29 is 4.39 Å². The predicted molar refractivity (Wildman–Crippen MR) is 291 cm³/mol. The van der Waals surface area contributed by atoms with Crippen LogP contribution in [-0.2, 0) is 5.41 Å². The molecule has 334 valence electrons. The first-order valence-corrected chi connectivity index (χ1v) is 24.2. The smallest absolute Gasteiger partial charge is 0.123 e. The lowest BCUT2D eigenvalue weighted by Gasteiger charge is -2.34. The van der Waals surface area contributed by atoms with Crippen LogP contribution < -0.4 is 9.80 Å². The summed E-state index contributed by atoms with van der Waals surface area (Å²) in [5.74, 6) is -0.253. The van der Waals surface area contributed by atoms with E-state index in [1.54, 1.807) is 0 Å². The van der Waals surface area contributed by atoms with Crippen molar-refractivity contribution in [3.63, 3.8) is 0 Å². The van der Waals surface area contributed by atoms with Gasteiger partial charge in [0.25, 0.3) is 0 Å². The molecule has 2 nitrogen and oxygen atoms in total. The Bertz CT molecular complexity index is 3470. The van der Waals surface area contributed by atoms with Gasteiger partial charge in [-0.15, -0.1) is 0 Å². The molecule has 69 heavy (non-hydrogen) atoms. The van der Waals surface area contributed by atoms with E-state index in [1.807, 2.05) is 26.0 Å². The summed E-state index contributed by atoms with van der Waals surface area (Å²) in [6.45, 7) is 6.36. The van der Waals surface area contributed by atoms with Crippen molar-refractivity contribution in [2.75, 3.05) is 9.80 Å². The van der Waals surface area contributed by atoms with Gasteiger partial charge in [0.15, 0.2) is 0 Å². The number of halogens is 1. The van der Waals surface area contributed by atoms with Gasteiger partial charge in [-0.1, -0.05) is 190 Å². The van der Waals surface area contributed by atoms with Gasteiger partial charge in [-0.25, -0.2) is 4.39 Å². The molecule has 0 aromatic heterocycles. The number of benzene rings is 10. The molecule has 1 aliphatic heterocycles. The van der Waals surface area contributed by atoms with E-state index in [9.17, 15) is 4.39 Å². The Hall–Kier alpha value is -8.27. The van der Waals surface area contributed by atoms with Crippen molar-refractivity contribution >= 4 is 55.6 Å². The normalized spacial score (nSPS) is 13.9. The Morgan fingerprint density at radius 1 is 0.507 bits per heavy atom. The first kappa shape index (κ1) is 43.3. The molecule has 2 aliphatic rings. The average molecular weight is 893 g/mol. The van der Waals surface area contributed by atoms with Crippen molar-refractivity contribution in [3.05, 3.63) is 277 Å². The second-order valence-corrected chi connectivity index (χ2v) is 17.9. The Morgan fingerprint density at radius 3 is 1.88 bits per heavy atom. The second kappa shape index (κ2) is 18.4. The molecule has 10 aromatic carbocycles. The van der Waals surface area contributed by atoms with Gasteiger partial charge < -0.3 is 9.80 Å². The van der Waals surface area contributed by atoms with Crippen LogP contribution in [0, 0.1) is 5.82 Å². The van der Waals surface area contributed by atoms with Gasteiger partial charge in [0.1, 0.15) is 5.82 Å². The SMILES string of the molecule is CC.CC(c1ccccc1)(c1ccccc1)c1ccccc1-c1ccc(N2c3ccc(-c4ccc5cc(N(c6ccc(F)cc6)c6cccc7ccccc67)ccc5c4)cc3C3=CC=CCC32)cc1. The molecular weight excluding hydrogens is 840 g/mol. The van der Waals surface area contributed by atoms with E-state index < -0.39 is 0 Å². The largest absolute Gasteiger partial charge is 0.333 e. The fourth-order valence-corrected chi connectivity index (χ4v) is 10.7. The summed E-state index contributed by atoms with van der Waals surface area (Å²) >= 11 is 0. The zero-order valence-corrected chi connectivity index (χ0v) is 39.2. The summed E-state index contributed by atoms with van der Waals surface area (Å²) in [7, 11) is 0. The van der Waals surface area contributed by atoms with E-state index in [0.717, 1.165) is 45.0 Å². The Labute approximate surface area is 405 Å². The van der Waals surface area contributed by atoms with Crippen molar-refractivity contribution in [2.24, 2.45) is 0 Å². The minimum Gasteiger partial charge on any atom is -0.333 e. The number of rotatable bonds is 9. The molecule has 0 spiro atoms. The maximum atomic E-state index is 14.2. The Balaban J connectivity index is 0.00000257. The summed E-state index contributed by atoms with van der Waals surface area (Å²) in [4.78, 5) is 4.76. The first-order valence-electron chi connectivity index (χ1n) is 24.2. The van der Waals surface area contributed by atoms with E-state index >= 15 is 0 Å². The third kappa shape index (κ3) is 7.80. The minimum absolute atomic E-state index is 0.216. The van der Waals surface area contributed by atoms with Crippen molar-refractivity contribution in [1.29, 1.82) is 0 Å². The molecule has 0 N–H and O–H groups in total. The topological polar surface area (TPSA) is 6.48 Å². The summed E-state index contributed by atoms with van der Waals surface area (Å²) in [5, 5.41) is 4.58. The quantitative estimate of drug-likeness (QED) is 0.133. The van der Waals surface area contributed by atoms with Gasteiger partial charge in [-0.05, 0) is 147 Å². The highest BCUT2D eigenvalue weighted by atomic mass is 19.1. The highest BCUT2D eigenvalue weighted by Gasteiger charge is 2.36. The van der Waals surface area contributed by atoms with Crippen LogP contribution in [-0.4, -0.2) is 6.04 Å². The Kier molecular flexibility index (Phi) is 11.6. The molecule has 0 saturated heterocycles. The molecule has 0 saturated carbocycles. The monoisotopic (exact) mass is 892 g/mol. The van der Waals surface area contributed by atoms with Crippen LogP contribution in [0.2, 0.25) is 0 Å². The van der Waals surface area contributed by atoms with Crippen LogP contribution in [0.4, 0.5) is 32.8 Å². The van der Waals surface area contributed by atoms with Gasteiger partial charge >= 0.3 is 0 Å². The molecule has 0 bridgehead atoms. The lowest BCUT2D eigenvalue weighted by atomic mass is 9.69. The van der Waals surface area contributed by atoms with Crippen LogP contribution in [0.15, 0.2) is 249 Å². The molecule has 0 amide bonds. The van der Waals surface area contributed by atoms with Crippen LogP contribution in [0.5, 0.6) is 0 Å². The fraction of sp³-hybridized carbons (Fsp3) is 0.0909. The standard InChI is InChI=1S/C64H47FN2.C2H6/c1-64(50-17-4-2-5-18-50,51-19-6-3-7-20-51)60-24-12-10-21-56(60)45-29-35-54(36-30-45)67-62-25-13-11-23-58(62)59-43-49(32-40-63(59)67)46-27-28-48-42-55(37-31-47(48)41-46)66(53-38-33-52(65)34-39-53)61-26-14-16-44-15-8-9-22-57(44)61;1-2/h2-24,26-43,62H,25H2,1H3;1-2H3.